The van der Waals surface area contributed by atoms with Crippen LogP contribution in [-0.2, 0) is 10.0 Å². The zero-order chi connectivity index (χ0) is 15.3. The summed E-state index contributed by atoms with van der Waals surface area (Å²) < 4.78 is 26.2. The molecule has 20 heavy (non-hydrogen) atoms. The summed E-state index contributed by atoms with van der Waals surface area (Å²) in [7, 11) is -3.68. The molecule has 0 saturated carbocycles. The number of hydrogen-bond acceptors (Lipinski definition) is 4. The number of rotatable bonds is 7. The molecule has 0 atom stereocenters. The summed E-state index contributed by atoms with van der Waals surface area (Å²) in [5.74, 6) is -0.655. The molecule has 0 aliphatic rings. The number of sulfonamides is 1. The van der Waals surface area contributed by atoms with Crippen LogP contribution in [0, 0.1) is 6.92 Å². The predicted octanol–water partition coefficient (Wildman–Crippen LogP) is 0.487. The van der Waals surface area contributed by atoms with Gasteiger partial charge in [-0.05, 0) is 31.0 Å². The van der Waals surface area contributed by atoms with Gasteiger partial charge in [-0.2, -0.15) is 4.31 Å². The summed E-state index contributed by atoms with van der Waals surface area (Å²) in [6.45, 7) is 3.86. The quantitative estimate of drug-likeness (QED) is 0.765. The van der Waals surface area contributed by atoms with Gasteiger partial charge in [0, 0.05) is 25.3 Å². The summed E-state index contributed by atoms with van der Waals surface area (Å²) in [6, 6.07) is 4.32. The van der Waals surface area contributed by atoms with E-state index >= 15 is 0 Å². The van der Waals surface area contributed by atoms with Crippen LogP contribution in [0.3, 0.4) is 0 Å². The number of benzene rings is 1. The molecule has 1 amide bonds. The molecule has 0 saturated heterocycles. The smallest absolute Gasteiger partial charge is 0.249 e. The molecule has 1 aromatic rings. The lowest BCUT2D eigenvalue weighted by Gasteiger charge is -2.20. The molecular formula is C13H20N2O4S. The van der Waals surface area contributed by atoms with Crippen LogP contribution in [0.4, 0.5) is 0 Å². The first-order chi connectivity index (χ1) is 9.34. The maximum absolute atomic E-state index is 12.4. The first-order valence-electron chi connectivity index (χ1n) is 6.36. The molecule has 0 heterocycles. The highest BCUT2D eigenvalue weighted by molar-refractivity contribution is 7.89. The van der Waals surface area contributed by atoms with Crippen LogP contribution < -0.4 is 5.73 Å². The van der Waals surface area contributed by atoms with Crippen LogP contribution in [0.2, 0.25) is 0 Å². The van der Waals surface area contributed by atoms with Crippen molar-refractivity contribution in [3.63, 3.8) is 0 Å². The Hall–Kier alpha value is -1.44. The van der Waals surface area contributed by atoms with E-state index in [-0.39, 0.29) is 23.6 Å². The Morgan fingerprint density at radius 1 is 1.40 bits per heavy atom. The van der Waals surface area contributed by atoms with Crippen molar-refractivity contribution >= 4 is 15.9 Å². The number of carbonyl (C=O) groups is 1. The minimum atomic E-state index is -3.68. The maximum atomic E-state index is 12.4. The molecule has 0 aromatic heterocycles. The standard InChI is InChI=1S/C13H20N2O4S/c1-3-15(7-4-8-16)20(18,19)11-6-5-10(2)12(9-11)13(14)17/h5-6,9,16H,3-4,7-8H2,1-2H3,(H2,14,17). The van der Waals surface area contributed by atoms with Gasteiger partial charge in [0.1, 0.15) is 0 Å². The molecule has 112 valence electrons. The van der Waals surface area contributed by atoms with Gasteiger partial charge < -0.3 is 10.8 Å². The van der Waals surface area contributed by atoms with Crippen molar-refractivity contribution in [3.05, 3.63) is 29.3 Å². The van der Waals surface area contributed by atoms with Crippen LogP contribution in [0.1, 0.15) is 29.3 Å². The predicted molar refractivity (Wildman–Crippen MR) is 75.8 cm³/mol. The molecule has 0 aliphatic carbocycles. The van der Waals surface area contributed by atoms with Crippen molar-refractivity contribution in [2.75, 3.05) is 19.7 Å². The summed E-state index contributed by atoms with van der Waals surface area (Å²) >= 11 is 0. The number of nitrogens with two attached hydrogens (primary N) is 1. The van der Waals surface area contributed by atoms with Crippen LogP contribution >= 0.6 is 0 Å². The van der Waals surface area contributed by atoms with Crippen molar-refractivity contribution in [2.24, 2.45) is 5.73 Å². The second-order valence-corrected chi connectivity index (χ2v) is 6.35. The van der Waals surface area contributed by atoms with E-state index in [1.165, 1.54) is 16.4 Å². The van der Waals surface area contributed by atoms with Gasteiger partial charge in [-0.15, -0.1) is 0 Å². The van der Waals surface area contributed by atoms with Crippen molar-refractivity contribution in [2.45, 2.75) is 25.2 Å². The molecule has 1 aromatic carbocycles. The second-order valence-electron chi connectivity index (χ2n) is 4.41. The van der Waals surface area contributed by atoms with Crippen molar-refractivity contribution in [3.8, 4) is 0 Å². The van der Waals surface area contributed by atoms with Gasteiger partial charge in [-0.25, -0.2) is 8.42 Å². The number of amides is 1. The molecule has 0 radical (unpaired) electrons. The van der Waals surface area contributed by atoms with E-state index in [0.717, 1.165) is 0 Å². The Bertz CT molecular complexity index is 584. The fraction of sp³-hybridized carbons (Fsp3) is 0.462. The topological polar surface area (TPSA) is 101 Å². The monoisotopic (exact) mass is 300 g/mol. The third kappa shape index (κ3) is 3.56. The van der Waals surface area contributed by atoms with E-state index in [9.17, 15) is 13.2 Å². The molecule has 6 nitrogen and oxygen atoms in total. The minimum Gasteiger partial charge on any atom is -0.396 e. The molecular weight excluding hydrogens is 280 g/mol. The summed E-state index contributed by atoms with van der Waals surface area (Å²) in [6.07, 6.45) is 0.363. The number of hydrogen-bond donors (Lipinski definition) is 2. The maximum Gasteiger partial charge on any atom is 0.249 e. The summed E-state index contributed by atoms with van der Waals surface area (Å²) in [5.41, 5.74) is 6.07. The van der Waals surface area contributed by atoms with Crippen molar-refractivity contribution < 1.29 is 18.3 Å². The number of primary amides is 1. The molecule has 3 N–H and O–H groups in total. The van der Waals surface area contributed by atoms with Gasteiger partial charge in [0.15, 0.2) is 0 Å². The van der Waals surface area contributed by atoms with Crippen LogP contribution in [0.5, 0.6) is 0 Å². The average molecular weight is 300 g/mol. The molecule has 0 unspecified atom stereocenters. The van der Waals surface area contributed by atoms with Crippen LogP contribution in [0.15, 0.2) is 23.1 Å². The Morgan fingerprint density at radius 2 is 2.05 bits per heavy atom. The zero-order valence-corrected chi connectivity index (χ0v) is 12.5. The molecule has 0 bridgehead atoms. The average Bonchev–Trinajstić information content (AvgIpc) is 2.39. The molecule has 0 aliphatic heterocycles. The lowest BCUT2D eigenvalue weighted by molar-refractivity contribution is 0.0999. The van der Waals surface area contributed by atoms with E-state index in [2.05, 4.69) is 0 Å². The van der Waals surface area contributed by atoms with Crippen molar-refractivity contribution in [1.82, 2.24) is 4.31 Å². The third-order valence-electron chi connectivity index (χ3n) is 3.03. The van der Waals surface area contributed by atoms with Crippen molar-refractivity contribution in [1.29, 1.82) is 0 Å². The van der Waals surface area contributed by atoms with Gasteiger partial charge >= 0.3 is 0 Å². The van der Waals surface area contributed by atoms with Crippen LogP contribution in [-0.4, -0.2) is 43.4 Å². The Morgan fingerprint density at radius 3 is 2.55 bits per heavy atom. The van der Waals surface area contributed by atoms with Crippen LogP contribution in [0.25, 0.3) is 0 Å². The van der Waals surface area contributed by atoms with Gasteiger partial charge in [-0.1, -0.05) is 13.0 Å². The SMILES string of the molecule is CCN(CCCO)S(=O)(=O)c1ccc(C)c(C(N)=O)c1. The van der Waals surface area contributed by atoms with Gasteiger partial charge in [0.05, 0.1) is 4.90 Å². The molecule has 0 fully saturated rings. The highest BCUT2D eigenvalue weighted by atomic mass is 32.2. The van der Waals surface area contributed by atoms with E-state index in [0.29, 0.717) is 18.5 Å². The lowest BCUT2D eigenvalue weighted by atomic mass is 10.1. The van der Waals surface area contributed by atoms with Gasteiger partial charge in [-0.3, -0.25) is 4.79 Å². The Balaban J connectivity index is 3.20. The summed E-state index contributed by atoms with van der Waals surface area (Å²) in [4.78, 5) is 11.3. The molecule has 1 rings (SSSR count). The van der Waals surface area contributed by atoms with Gasteiger partial charge in [0.2, 0.25) is 15.9 Å². The molecule has 7 heteroatoms. The first kappa shape index (κ1) is 16.6. The number of aliphatic hydroxyl groups excluding tert-OH is 1. The van der Waals surface area contributed by atoms with E-state index < -0.39 is 15.9 Å². The largest absolute Gasteiger partial charge is 0.396 e. The fourth-order valence-electron chi connectivity index (χ4n) is 1.87. The van der Waals surface area contributed by atoms with Gasteiger partial charge in [0.25, 0.3) is 0 Å². The van der Waals surface area contributed by atoms with E-state index in [1.807, 2.05) is 0 Å². The normalized spacial score (nSPS) is 11.8. The molecule has 0 spiro atoms. The number of aliphatic hydroxyl groups is 1. The van der Waals surface area contributed by atoms with E-state index in [1.54, 1.807) is 19.9 Å². The Kier molecular flexibility index (Phi) is 5.67. The first-order valence-corrected chi connectivity index (χ1v) is 7.80. The number of carbonyl (C=O) groups excluding carboxylic acids is 1. The Labute approximate surface area is 119 Å². The third-order valence-corrected chi connectivity index (χ3v) is 5.00. The highest BCUT2D eigenvalue weighted by Gasteiger charge is 2.23. The highest BCUT2D eigenvalue weighted by Crippen LogP contribution is 2.19. The number of aryl methyl sites for hydroxylation is 1. The number of nitrogens with zero attached hydrogens (tertiary/aromatic N) is 1. The minimum absolute atomic E-state index is 0.0386. The summed E-state index contributed by atoms with van der Waals surface area (Å²) in [5, 5.41) is 8.82. The lowest BCUT2D eigenvalue weighted by Crippen LogP contribution is -2.32. The van der Waals surface area contributed by atoms with E-state index in [4.69, 9.17) is 10.8 Å². The second kappa shape index (κ2) is 6.83. The fourth-order valence-corrected chi connectivity index (χ4v) is 3.39. The zero-order valence-electron chi connectivity index (χ0n) is 11.7.